The maximum absolute atomic E-state index is 6.20. The first-order chi connectivity index (χ1) is 10.1. The Hall–Kier alpha value is -1.11. The first-order valence-electron chi connectivity index (χ1n) is 7.68. The molecule has 0 bridgehead atoms. The van der Waals surface area contributed by atoms with E-state index in [9.17, 15) is 0 Å². The van der Waals surface area contributed by atoms with E-state index >= 15 is 0 Å². The fourth-order valence-electron chi connectivity index (χ4n) is 2.83. The molecule has 0 amide bonds. The number of hydrogen-bond donors (Lipinski definition) is 1. The Balaban J connectivity index is 2.00. The zero-order chi connectivity index (χ0) is 15.0. The van der Waals surface area contributed by atoms with Gasteiger partial charge in [-0.05, 0) is 20.3 Å². The molecule has 1 aliphatic heterocycles. The van der Waals surface area contributed by atoms with Crippen LogP contribution in [0.3, 0.4) is 0 Å². The summed E-state index contributed by atoms with van der Waals surface area (Å²) >= 11 is 1.68. The Bertz CT molecular complexity index is 608. The molecule has 0 saturated carbocycles. The van der Waals surface area contributed by atoms with Crippen LogP contribution < -0.4 is 10.6 Å². The maximum atomic E-state index is 6.20. The van der Waals surface area contributed by atoms with Crippen LogP contribution in [0.5, 0.6) is 0 Å². The fraction of sp³-hybridized carbons (Fsp3) is 0.667. The van der Waals surface area contributed by atoms with Crippen LogP contribution in [0.25, 0.3) is 4.96 Å². The summed E-state index contributed by atoms with van der Waals surface area (Å²) in [6, 6.07) is 0.528. The summed E-state index contributed by atoms with van der Waals surface area (Å²) in [5.41, 5.74) is 7.44. The molecule has 116 valence electrons. The van der Waals surface area contributed by atoms with E-state index in [0.29, 0.717) is 6.04 Å². The molecule has 6 heteroatoms. The summed E-state index contributed by atoms with van der Waals surface area (Å²) < 4.78 is 7.94. The van der Waals surface area contributed by atoms with Gasteiger partial charge in [-0.2, -0.15) is 0 Å². The first kappa shape index (κ1) is 14.8. The van der Waals surface area contributed by atoms with Gasteiger partial charge in [0.25, 0.3) is 0 Å². The zero-order valence-electron chi connectivity index (χ0n) is 13.0. The lowest BCUT2D eigenvalue weighted by molar-refractivity contribution is 0.0340. The highest BCUT2D eigenvalue weighted by atomic mass is 32.1. The Morgan fingerprint density at radius 2 is 2.33 bits per heavy atom. The lowest BCUT2D eigenvalue weighted by atomic mass is 10.1. The molecule has 0 aromatic carbocycles. The average Bonchev–Trinajstić information content (AvgIpc) is 3.04. The van der Waals surface area contributed by atoms with Crippen LogP contribution in [-0.2, 0) is 11.2 Å². The molecule has 3 atom stereocenters. The molecule has 21 heavy (non-hydrogen) atoms. The van der Waals surface area contributed by atoms with Crippen LogP contribution in [-0.4, -0.2) is 40.7 Å². The van der Waals surface area contributed by atoms with E-state index in [1.807, 2.05) is 0 Å². The second kappa shape index (κ2) is 5.94. The summed E-state index contributed by atoms with van der Waals surface area (Å²) in [5.74, 6) is 1.09. The van der Waals surface area contributed by atoms with Crippen molar-refractivity contribution < 1.29 is 4.74 Å². The predicted octanol–water partition coefficient (Wildman–Crippen LogP) is 2.29. The number of nitrogens with two attached hydrogens (primary N) is 1. The number of morpholine rings is 1. The third-order valence-corrected chi connectivity index (χ3v) is 4.96. The van der Waals surface area contributed by atoms with Gasteiger partial charge in [-0.15, -0.1) is 11.3 Å². The van der Waals surface area contributed by atoms with Crippen molar-refractivity contribution in [3.8, 4) is 0 Å². The number of anilines is 1. The van der Waals surface area contributed by atoms with E-state index in [0.717, 1.165) is 36.8 Å². The van der Waals surface area contributed by atoms with Crippen molar-refractivity contribution in [2.24, 2.45) is 5.73 Å². The van der Waals surface area contributed by atoms with Crippen LogP contribution >= 0.6 is 11.3 Å². The fourth-order valence-corrected chi connectivity index (χ4v) is 3.56. The van der Waals surface area contributed by atoms with Gasteiger partial charge in [-0.25, -0.2) is 4.98 Å². The molecule has 2 N–H and O–H groups in total. The van der Waals surface area contributed by atoms with Crippen molar-refractivity contribution >= 4 is 22.1 Å². The van der Waals surface area contributed by atoms with Crippen LogP contribution in [0.1, 0.15) is 32.9 Å². The average molecular weight is 308 g/mol. The molecule has 1 aliphatic rings. The van der Waals surface area contributed by atoms with Crippen molar-refractivity contribution in [1.82, 2.24) is 9.38 Å². The predicted molar refractivity (Wildman–Crippen MR) is 87.3 cm³/mol. The van der Waals surface area contributed by atoms with Gasteiger partial charge in [0.2, 0.25) is 0 Å². The summed E-state index contributed by atoms with van der Waals surface area (Å²) in [4.78, 5) is 8.30. The van der Waals surface area contributed by atoms with Gasteiger partial charge in [-0.1, -0.05) is 6.92 Å². The maximum Gasteiger partial charge on any atom is 0.195 e. The van der Waals surface area contributed by atoms with Crippen LogP contribution in [0.4, 0.5) is 5.82 Å². The monoisotopic (exact) mass is 308 g/mol. The minimum atomic E-state index is 0.178. The Kier molecular flexibility index (Phi) is 4.19. The van der Waals surface area contributed by atoms with Crippen molar-refractivity contribution in [1.29, 1.82) is 0 Å². The first-order valence-corrected chi connectivity index (χ1v) is 8.56. The molecule has 0 spiro atoms. The van der Waals surface area contributed by atoms with Crippen molar-refractivity contribution in [3.05, 3.63) is 17.3 Å². The number of thiazole rings is 1. The van der Waals surface area contributed by atoms with Crippen LogP contribution in [0, 0.1) is 0 Å². The quantitative estimate of drug-likeness (QED) is 0.941. The molecule has 2 aromatic heterocycles. The Morgan fingerprint density at radius 3 is 3.10 bits per heavy atom. The lowest BCUT2D eigenvalue weighted by Crippen LogP contribution is -2.48. The number of fused-ring (bicyclic) bond motifs is 1. The largest absolute Gasteiger partial charge is 0.375 e. The molecular weight excluding hydrogens is 284 g/mol. The minimum absolute atomic E-state index is 0.178. The number of nitrogens with zero attached hydrogens (tertiary/aromatic N) is 3. The number of imidazole rings is 1. The number of aromatic nitrogens is 2. The van der Waals surface area contributed by atoms with Gasteiger partial charge in [0, 0.05) is 30.6 Å². The van der Waals surface area contributed by atoms with E-state index in [2.05, 4.69) is 41.6 Å². The highest BCUT2D eigenvalue weighted by Gasteiger charge is 2.28. The molecule has 3 heterocycles. The van der Waals surface area contributed by atoms with E-state index < -0.39 is 0 Å². The van der Waals surface area contributed by atoms with Crippen molar-refractivity contribution in [3.63, 3.8) is 0 Å². The van der Waals surface area contributed by atoms with Gasteiger partial charge < -0.3 is 15.4 Å². The van der Waals surface area contributed by atoms with Crippen LogP contribution in [0.2, 0.25) is 0 Å². The Labute approximate surface area is 129 Å². The molecular formula is C15H24N4OS. The normalized spacial score (nSPS) is 24.7. The molecule has 1 fully saturated rings. The number of ether oxygens (including phenoxy) is 1. The summed E-state index contributed by atoms with van der Waals surface area (Å²) in [6.07, 6.45) is 4.19. The van der Waals surface area contributed by atoms with Gasteiger partial charge in [-0.3, -0.25) is 4.40 Å². The zero-order valence-corrected chi connectivity index (χ0v) is 13.8. The van der Waals surface area contributed by atoms with E-state index in [1.165, 1.54) is 5.69 Å². The lowest BCUT2D eigenvalue weighted by Gasteiger charge is -2.37. The second-order valence-electron chi connectivity index (χ2n) is 5.96. The molecule has 3 rings (SSSR count). The minimum Gasteiger partial charge on any atom is -0.375 e. The van der Waals surface area contributed by atoms with E-state index in [4.69, 9.17) is 15.5 Å². The van der Waals surface area contributed by atoms with Gasteiger partial charge in [0.1, 0.15) is 0 Å². The summed E-state index contributed by atoms with van der Waals surface area (Å²) in [6.45, 7) is 8.10. The third-order valence-electron chi connectivity index (χ3n) is 4.20. The van der Waals surface area contributed by atoms with Gasteiger partial charge in [0.15, 0.2) is 10.8 Å². The molecule has 2 aromatic rings. The molecule has 1 saturated heterocycles. The summed E-state index contributed by atoms with van der Waals surface area (Å²) in [5, 5.41) is 2.08. The van der Waals surface area contributed by atoms with Gasteiger partial charge >= 0.3 is 0 Å². The third kappa shape index (κ3) is 2.80. The highest BCUT2D eigenvalue weighted by Crippen LogP contribution is 2.29. The number of rotatable bonds is 4. The second-order valence-corrected chi connectivity index (χ2v) is 6.83. The standard InChI is InChI=1S/C15H24N4OS/c1-4-12(16)7-13-14(17-15-18(13)5-6-21-15)19-8-11(3)20-9-10(19)2/h5-6,10-12H,4,7-9,16H2,1-3H3. The highest BCUT2D eigenvalue weighted by molar-refractivity contribution is 7.15. The molecule has 3 unspecified atom stereocenters. The van der Waals surface area contributed by atoms with E-state index in [-0.39, 0.29) is 12.1 Å². The summed E-state index contributed by atoms with van der Waals surface area (Å²) in [7, 11) is 0. The Morgan fingerprint density at radius 1 is 1.52 bits per heavy atom. The number of hydrogen-bond acceptors (Lipinski definition) is 5. The van der Waals surface area contributed by atoms with Crippen LogP contribution in [0.15, 0.2) is 11.6 Å². The van der Waals surface area contributed by atoms with E-state index in [1.54, 1.807) is 11.3 Å². The van der Waals surface area contributed by atoms with Gasteiger partial charge in [0.05, 0.1) is 24.4 Å². The SMILES string of the molecule is CCC(N)Cc1c(N2CC(C)OCC2C)nc2sccn12. The van der Waals surface area contributed by atoms with Crippen molar-refractivity contribution in [2.75, 3.05) is 18.1 Å². The van der Waals surface area contributed by atoms with Crippen molar-refractivity contribution in [2.45, 2.75) is 51.8 Å². The topological polar surface area (TPSA) is 55.8 Å². The smallest absolute Gasteiger partial charge is 0.195 e. The molecule has 5 nitrogen and oxygen atoms in total. The molecule has 0 aliphatic carbocycles. The molecule has 0 radical (unpaired) electrons.